The second kappa shape index (κ2) is 5.92. The van der Waals surface area contributed by atoms with Crippen LogP contribution in [-0.2, 0) is 5.88 Å². The van der Waals surface area contributed by atoms with Crippen LogP contribution in [0.1, 0.15) is 43.7 Å². The van der Waals surface area contributed by atoms with Crippen molar-refractivity contribution in [2.45, 2.75) is 51.5 Å². The van der Waals surface area contributed by atoms with Gasteiger partial charge in [0, 0.05) is 25.2 Å². The molecule has 0 aromatic carbocycles. The first kappa shape index (κ1) is 13.7. The minimum Gasteiger partial charge on any atom is -0.356 e. The Hall–Kier alpha value is -0.760. The number of hydrogen-bond donors (Lipinski definition) is 0. The van der Waals surface area contributed by atoms with Crippen LogP contribution in [0, 0.1) is 12.8 Å². The third kappa shape index (κ3) is 2.97. The minimum atomic E-state index is 0.540. The lowest BCUT2D eigenvalue weighted by Gasteiger charge is -2.35. The van der Waals surface area contributed by atoms with Gasteiger partial charge in [0.1, 0.15) is 5.82 Å². The number of aromatic nitrogens is 1. The third-order valence-corrected chi connectivity index (χ3v) is 4.36. The summed E-state index contributed by atoms with van der Waals surface area (Å²) in [6, 6.07) is 2.79. The smallest absolute Gasteiger partial charge is 0.131 e. The van der Waals surface area contributed by atoms with Gasteiger partial charge in [0.2, 0.25) is 0 Å². The fraction of sp³-hybridized carbons (Fsp3) is 0.667. The van der Waals surface area contributed by atoms with E-state index >= 15 is 0 Å². The maximum Gasteiger partial charge on any atom is 0.131 e. The van der Waals surface area contributed by atoms with Crippen molar-refractivity contribution in [2.24, 2.45) is 5.92 Å². The molecule has 0 amide bonds. The molecule has 2 nitrogen and oxygen atoms in total. The van der Waals surface area contributed by atoms with E-state index in [2.05, 4.69) is 36.8 Å². The summed E-state index contributed by atoms with van der Waals surface area (Å²) in [4.78, 5) is 6.95. The molecule has 1 aromatic rings. The Morgan fingerprint density at radius 2 is 2.22 bits per heavy atom. The minimum absolute atomic E-state index is 0.540. The average Bonchev–Trinajstić information content (AvgIpc) is 2.37. The van der Waals surface area contributed by atoms with E-state index in [0.29, 0.717) is 11.9 Å². The topological polar surface area (TPSA) is 16.1 Å². The van der Waals surface area contributed by atoms with Crippen LogP contribution < -0.4 is 4.90 Å². The number of alkyl halides is 1. The van der Waals surface area contributed by atoms with E-state index in [4.69, 9.17) is 11.6 Å². The maximum absolute atomic E-state index is 5.85. The van der Waals surface area contributed by atoms with Crippen LogP contribution in [0.2, 0.25) is 0 Å². The van der Waals surface area contributed by atoms with Crippen LogP contribution in [0.5, 0.6) is 0 Å². The monoisotopic (exact) mass is 266 g/mol. The van der Waals surface area contributed by atoms with Crippen molar-refractivity contribution >= 4 is 17.4 Å². The van der Waals surface area contributed by atoms with E-state index in [-0.39, 0.29) is 0 Å². The number of anilines is 1. The molecular weight excluding hydrogens is 244 g/mol. The molecular formula is C15H23ClN2. The van der Waals surface area contributed by atoms with Gasteiger partial charge in [-0.2, -0.15) is 0 Å². The molecule has 2 unspecified atom stereocenters. The first-order chi connectivity index (χ1) is 8.61. The van der Waals surface area contributed by atoms with E-state index in [0.717, 1.165) is 17.3 Å². The van der Waals surface area contributed by atoms with Gasteiger partial charge in [0.25, 0.3) is 0 Å². The zero-order chi connectivity index (χ0) is 13.1. The molecule has 3 heteroatoms. The summed E-state index contributed by atoms with van der Waals surface area (Å²) >= 11 is 5.85. The molecule has 0 bridgehead atoms. The molecule has 18 heavy (non-hydrogen) atoms. The summed E-state index contributed by atoms with van der Waals surface area (Å²) in [6.45, 7) is 4.48. The van der Waals surface area contributed by atoms with Crippen LogP contribution in [0.25, 0.3) is 0 Å². The van der Waals surface area contributed by atoms with Gasteiger partial charge in [-0.15, -0.1) is 11.6 Å². The molecule has 0 saturated heterocycles. The van der Waals surface area contributed by atoms with Crippen LogP contribution in [0.15, 0.2) is 12.3 Å². The second-order valence-electron chi connectivity index (χ2n) is 5.65. The maximum atomic E-state index is 5.85. The van der Waals surface area contributed by atoms with Crippen molar-refractivity contribution in [2.75, 3.05) is 11.9 Å². The Kier molecular flexibility index (Phi) is 4.50. The molecule has 0 aliphatic heterocycles. The molecule has 1 heterocycles. The lowest BCUT2D eigenvalue weighted by atomic mass is 9.86. The molecule has 1 aliphatic carbocycles. The summed E-state index contributed by atoms with van der Waals surface area (Å²) in [7, 11) is 2.18. The Bertz CT molecular complexity index is 405. The first-order valence-corrected chi connectivity index (χ1v) is 7.39. The van der Waals surface area contributed by atoms with Gasteiger partial charge in [-0.25, -0.2) is 4.98 Å². The summed E-state index contributed by atoms with van der Waals surface area (Å²) < 4.78 is 0. The number of halogens is 1. The standard InChI is InChI=1S/C15H23ClN2/c1-11-5-4-6-14(7-11)18(3)15-12(2)8-13(9-16)10-17-15/h8,10-11,14H,4-7,9H2,1-3H3. The Morgan fingerprint density at radius 1 is 1.44 bits per heavy atom. The van der Waals surface area contributed by atoms with Gasteiger partial charge in [-0.05, 0) is 42.9 Å². The van der Waals surface area contributed by atoms with Crippen LogP contribution in [-0.4, -0.2) is 18.1 Å². The zero-order valence-corrected chi connectivity index (χ0v) is 12.4. The molecule has 2 rings (SSSR count). The van der Waals surface area contributed by atoms with Crippen molar-refractivity contribution in [3.05, 3.63) is 23.4 Å². The second-order valence-corrected chi connectivity index (χ2v) is 5.92. The number of rotatable bonds is 3. The lowest BCUT2D eigenvalue weighted by molar-refractivity contribution is 0.335. The average molecular weight is 267 g/mol. The summed E-state index contributed by atoms with van der Waals surface area (Å²) in [5.74, 6) is 2.50. The highest BCUT2D eigenvalue weighted by Gasteiger charge is 2.23. The fourth-order valence-electron chi connectivity index (χ4n) is 2.99. The van der Waals surface area contributed by atoms with Crippen molar-refractivity contribution < 1.29 is 0 Å². The highest BCUT2D eigenvalue weighted by molar-refractivity contribution is 6.17. The Balaban J connectivity index is 2.15. The van der Waals surface area contributed by atoms with E-state index in [1.165, 1.54) is 31.2 Å². The number of hydrogen-bond acceptors (Lipinski definition) is 2. The normalized spacial score (nSPS) is 24.0. The number of aryl methyl sites for hydroxylation is 1. The van der Waals surface area contributed by atoms with Gasteiger partial charge in [0.05, 0.1) is 0 Å². The predicted octanol–water partition coefficient (Wildman–Crippen LogP) is 4.14. The van der Waals surface area contributed by atoms with Gasteiger partial charge in [-0.3, -0.25) is 0 Å². The zero-order valence-electron chi connectivity index (χ0n) is 11.6. The van der Waals surface area contributed by atoms with Gasteiger partial charge >= 0.3 is 0 Å². The van der Waals surface area contributed by atoms with Gasteiger partial charge < -0.3 is 4.90 Å². The van der Waals surface area contributed by atoms with Crippen molar-refractivity contribution in [3.8, 4) is 0 Å². The van der Waals surface area contributed by atoms with Gasteiger partial charge in [-0.1, -0.05) is 19.8 Å². The number of pyridine rings is 1. The van der Waals surface area contributed by atoms with Crippen molar-refractivity contribution in [3.63, 3.8) is 0 Å². The summed E-state index contributed by atoms with van der Waals surface area (Å²) in [5, 5.41) is 0. The molecule has 2 atom stereocenters. The molecule has 1 aromatic heterocycles. The van der Waals surface area contributed by atoms with Gasteiger partial charge in [0.15, 0.2) is 0 Å². The highest BCUT2D eigenvalue weighted by atomic mass is 35.5. The largest absolute Gasteiger partial charge is 0.356 e. The Morgan fingerprint density at radius 3 is 2.83 bits per heavy atom. The SMILES string of the molecule is Cc1cc(CCl)cnc1N(C)C1CCCC(C)C1. The molecule has 1 aliphatic rings. The predicted molar refractivity (Wildman–Crippen MR) is 78.4 cm³/mol. The first-order valence-electron chi connectivity index (χ1n) is 6.86. The molecule has 1 saturated carbocycles. The van der Waals surface area contributed by atoms with Crippen LogP contribution in [0.3, 0.4) is 0 Å². The van der Waals surface area contributed by atoms with Crippen molar-refractivity contribution in [1.29, 1.82) is 0 Å². The highest BCUT2D eigenvalue weighted by Crippen LogP contribution is 2.30. The molecule has 0 N–H and O–H groups in total. The van der Waals surface area contributed by atoms with E-state index in [1.807, 2.05) is 6.20 Å². The fourth-order valence-corrected chi connectivity index (χ4v) is 3.14. The van der Waals surface area contributed by atoms with Crippen molar-refractivity contribution in [1.82, 2.24) is 4.98 Å². The van der Waals surface area contributed by atoms with Crippen LogP contribution >= 0.6 is 11.6 Å². The third-order valence-electron chi connectivity index (χ3n) is 4.05. The lowest BCUT2D eigenvalue weighted by Crippen LogP contribution is -2.36. The Labute approximate surface area is 115 Å². The van der Waals surface area contributed by atoms with E-state index < -0.39 is 0 Å². The summed E-state index contributed by atoms with van der Waals surface area (Å²) in [6.07, 6.45) is 7.20. The van der Waals surface area contributed by atoms with E-state index in [1.54, 1.807) is 0 Å². The van der Waals surface area contributed by atoms with Crippen LogP contribution in [0.4, 0.5) is 5.82 Å². The molecule has 0 radical (unpaired) electrons. The quantitative estimate of drug-likeness (QED) is 0.765. The number of nitrogens with zero attached hydrogens (tertiary/aromatic N) is 2. The molecule has 100 valence electrons. The molecule has 1 fully saturated rings. The molecule has 0 spiro atoms. The van der Waals surface area contributed by atoms with E-state index in [9.17, 15) is 0 Å². The summed E-state index contributed by atoms with van der Waals surface area (Å²) in [5.41, 5.74) is 2.33.